The summed E-state index contributed by atoms with van der Waals surface area (Å²) in [6, 6.07) is 14.3. The van der Waals surface area contributed by atoms with Crippen LogP contribution in [0.15, 0.2) is 70.2 Å². The minimum absolute atomic E-state index is 0.0514. The molecule has 2 heterocycles. The van der Waals surface area contributed by atoms with Crippen molar-refractivity contribution in [1.82, 2.24) is 14.8 Å². The maximum absolute atomic E-state index is 13.7. The smallest absolute Gasteiger partial charge is 0.244 e. The lowest BCUT2D eigenvalue weighted by molar-refractivity contribution is -0.125. The van der Waals surface area contributed by atoms with Gasteiger partial charge in [0.2, 0.25) is 15.9 Å². The third-order valence-corrected chi connectivity index (χ3v) is 8.05. The minimum Gasteiger partial charge on any atom is -0.356 e. The fourth-order valence-electron chi connectivity index (χ4n) is 4.02. The standard InChI is InChI=1S/C24H26ClN3O4S/c1-24(2)12-14-26-23(29)21(15-24)28(33(30,31)20-9-7-19(25)8-10-20)16-17-3-5-18(6-4-17)22-11-13-27-32-22/h3-11,13,21H,12,14-16H2,1-2H3,(H,26,29). The van der Waals surface area contributed by atoms with E-state index in [-0.39, 0.29) is 22.8 Å². The zero-order chi connectivity index (χ0) is 23.6. The number of carbonyl (C=O) groups excluding carboxylic acids is 1. The number of nitrogens with one attached hydrogen (secondary N) is 1. The van der Waals surface area contributed by atoms with Crippen molar-refractivity contribution >= 4 is 27.5 Å². The summed E-state index contributed by atoms with van der Waals surface area (Å²) in [5.74, 6) is 0.341. The van der Waals surface area contributed by atoms with Crippen LogP contribution in [0.1, 0.15) is 32.3 Å². The second kappa shape index (κ2) is 9.29. The van der Waals surface area contributed by atoms with Crippen molar-refractivity contribution in [2.24, 2.45) is 5.41 Å². The van der Waals surface area contributed by atoms with Gasteiger partial charge in [-0.3, -0.25) is 4.79 Å². The molecule has 0 radical (unpaired) electrons. The van der Waals surface area contributed by atoms with E-state index < -0.39 is 16.1 Å². The van der Waals surface area contributed by atoms with Gasteiger partial charge in [-0.05, 0) is 48.1 Å². The normalized spacial score (nSPS) is 18.7. The van der Waals surface area contributed by atoms with Crippen molar-refractivity contribution in [2.75, 3.05) is 6.54 Å². The van der Waals surface area contributed by atoms with E-state index in [2.05, 4.69) is 24.3 Å². The monoisotopic (exact) mass is 487 g/mol. The highest BCUT2D eigenvalue weighted by Crippen LogP contribution is 2.34. The topological polar surface area (TPSA) is 92.5 Å². The summed E-state index contributed by atoms with van der Waals surface area (Å²) in [7, 11) is -3.98. The van der Waals surface area contributed by atoms with Gasteiger partial charge in [0.1, 0.15) is 6.04 Å². The number of halogens is 1. The van der Waals surface area contributed by atoms with Gasteiger partial charge in [0.15, 0.2) is 5.76 Å². The number of carbonyl (C=O) groups is 1. The third kappa shape index (κ3) is 5.29. The number of hydrogen-bond donors (Lipinski definition) is 1. The van der Waals surface area contributed by atoms with E-state index >= 15 is 0 Å². The van der Waals surface area contributed by atoms with Crippen molar-refractivity contribution in [2.45, 2.75) is 44.2 Å². The summed E-state index contributed by atoms with van der Waals surface area (Å²) in [5, 5.41) is 7.05. The fourth-order valence-corrected chi connectivity index (χ4v) is 5.72. The molecule has 1 aliphatic heterocycles. The van der Waals surface area contributed by atoms with Crippen LogP contribution in [0.5, 0.6) is 0 Å². The molecule has 0 aliphatic carbocycles. The second-order valence-electron chi connectivity index (χ2n) is 9.00. The molecule has 0 saturated carbocycles. The summed E-state index contributed by atoms with van der Waals surface area (Å²) >= 11 is 5.97. The Balaban J connectivity index is 1.72. The quantitative estimate of drug-likeness (QED) is 0.553. The average molecular weight is 488 g/mol. The molecule has 1 fully saturated rings. The lowest BCUT2D eigenvalue weighted by atomic mass is 9.83. The van der Waals surface area contributed by atoms with Crippen molar-refractivity contribution in [1.29, 1.82) is 0 Å². The molecule has 1 aliphatic rings. The van der Waals surface area contributed by atoms with Gasteiger partial charge < -0.3 is 9.84 Å². The molecule has 0 bridgehead atoms. The van der Waals surface area contributed by atoms with Crippen molar-refractivity contribution in [3.8, 4) is 11.3 Å². The number of aromatic nitrogens is 1. The Morgan fingerprint density at radius 2 is 1.82 bits per heavy atom. The van der Waals surface area contributed by atoms with Gasteiger partial charge >= 0.3 is 0 Å². The van der Waals surface area contributed by atoms with Gasteiger partial charge in [-0.2, -0.15) is 4.31 Å². The Kier molecular flexibility index (Phi) is 6.61. The van der Waals surface area contributed by atoms with Crippen LogP contribution in [-0.2, 0) is 21.4 Å². The Bertz CT molecular complexity index is 1210. The first kappa shape index (κ1) is 23.5. The lowest BCUT2D eigenvalue weighted by Gasteiger charge is -2.33. The highest BCUT2D eigenvalue weighted by Gasteiger charge is 2.40. The van der Waals surface area contributed by atoms with Crippen LogP contribution < -0.4 is 5.32 Å². The average Bonchev–Trinajstić information content (AvgIpc) is 3.27. The van der Waals surface area contributed by atoms with Gasteiger partial charge in [-0.25, -0.2) is 8.42 Å². The number of hydrogen-bond acceptors (Lipinski definition) is 5. The summed E-state index contributed by atoms with van der Waals surface area (Å²) < 4.78 is 34.0. The fraction of sp³-hybridized carbons (Fsp3) is 0.333. The van der Waals surface area contributed by atoms with Crippen LogP contribution in [0.25, 0.3) is 11.3 Å². The molecule has 4 rings (SSSR count). The largest absolute Gasteiger partial charge is 0.356 e. The predicted molar refractivity (Wildman–Crippen MR) is 126 cm³/mol. The molecular weight excluding hydrogens is 462 g/mol. The van der Waals surface area contributed by atoms with Crippen LogP contribution in [-0.4, -0.2) is 36.4 Å². The number of sulfonamides is 1. The minimum atomic E-state index is -3.98. The van der Waals surface area contributed by atoms with Crippen LogP contribution in [0.2, 0.25) is 5.02 Å². The highest BCUT2D eigenvalue weighted by atomic mass is 35.5. The molecule has 0 spiro atoms. The summed E-state index contributed by atoms with van der Waals surface area (Å²) in [4.78, 5) is 13.1. The molecule has 1 unspecified atom stereocenters. The van der Waals surface area contributed by atoms with Gasteiger partial charge in [0.25, 0.3) is 0 Å². The first-order valence-corrected chi connectivity index (χ1v) is 12.5. The van der Waals surface area contributed by atoms with Crippen LogP contribution in [0.3, 0.4) is 0 Å². The second-order valence-corrected chi connectivity index (χ2v) is 11.3. The van der Waals surface area contributed by atoms with Gasteiger partial charge in [-0.15, -0.1) is 0 Å². The summed E-state index contributed by atoms with van der Waals surface area (Å²) in [6.07, 6.45) is 2.76. The molecular formula is C24H26ClN3O4S. The maximum Gasteiger partial charge on any atom is 0.244 e. The zero-order valence-corrected chi connectivity index (χ0v) is 20.1. The number of nitrogens with zero attached hydrogens (tertiary/aromatic N) is 2. The summed E-state index contributed by atoms with van der Waals surface area (Å²) in [5.41, 5.74) is 1.38. The SMILES string of the molecule is CC1(C)CCNC(=O)C(N(Cc2ccc(-c3ccno3)cc2)S(=O)(=O)c2ccc(Cl)cc2)C1. The molecule has 33 heavy (non-hydrogen) atoms. The summed E-state index contributed by atoms with van der Waals surface area (Å²) in [6.45, 7) is 4.68. The van der Waals surface area contributed by atoms with E-state index in [1.165, 1.54) is 28.6 Å². The van der Waals surface area contributed by atoms with E-state index in [9.17, 15) is 13.2 Å². The van der Waals surface area contributed by atoms with Crippen molar-refractivity contribution in [3.63, 3.8) is 0 Å². The van der Waals surface area contributed by atoms with Crippen LogP contribution >= 0.6 is 11.6 Å². The van der Waals surface area contributed by atoms with E-state index in [4.69, 9.17) is 16.1 Å². The van der Waals surface area contributed by atoms with Crippen LogP contribution in [0.4, 0.5) is 0 Å². The zero-order valence-electron chi connectivity index (χ0n) is 18.5. The molecule has 1 N–H and O–H groups in total. The van der Waals surface area contributed by atoms with Crippen molar-refractivity contribution < 1.29 is 17.7 Å². The van der Waals surface area contributed by atoms with Crippen molar-refractivity contribution in [3.05, 3.63) is 71.4 Å². The first-order valence-electron chi connectivity index (χ1n) is 10.7. The lowest BCUT2D eigenvalue weighted by Crippen LogP contribution is -2.49. The number of rotatable bonds is 6. The predicted octanol–water partition coefficient (Wildman–Crippen LogP) is 4.49. The Labute approximate surface area is 198 Å². The molecule has 1 saturated heterocycles. The molecule has 1 aromatic heterocycles. The highest BCUT2D eigenvalue weighted by molar-refractivity contribution is 7.89. The van der Waals surface area contributed by atoms with E-state index in [1.54, 1.807) is 12.3 Å². The van der Waals surface area contributed by atoms with Gasteiger partial charge in [-0.1, -0.05) is 54.9 Å². The Hall–Kier alpha value is -2.68. The van der Waals surface area contributed by atoms with Gasteiger partial charge in [0, 0.05) is 29.7 Å². The molecule has 7 nitrogen and oxygen atoms in total. The van der Waals surface area contributed by atoms with E-state index in [1.807, 2.05) is 24.3 Å². The first-order chi connectivity index (χ1) is 15.7. The Morgan fingerprint density at radius 1 is 1.12 bits per heavy atom. The molecule has 9 heteroatoms. The van der Waals surface area contributed by atoms with Gasteiger partial charge in [0.05, 0.1) is 11.1 Å². The molecule has 1 atom stereocenters. The number of amides is 1. The number of benzene rings is 2. The Morgan fingerprint density at radius 3 is 2.45 bits per heavy atom. The third-order valence-electron chi connectivity index (χ3n) is 5.93. The maximum atomic E-state index is 13.7. The molecule has 2 aromatic carbocycles. The van der Waals surface area contributed by atoms with E-state index in [0.717, 1.165) is 17.5 Å². The van der Waals surface area contributed by atoms with E-state index in [0.29, 0.717) is 23.7 Å². The molecule has 1 amide bonds. The molecule has 174 valence electrons. The van der Waals surface area contributed by atoms with Crippen LogP contribution in [0, 0.1) is 5.41 Å². The molecule has 3 aromatic rings.